The van der Waals surface area contributed by atoms with Crippen molar-refractivity contribution in [1.82, 2.24) is 14.5 Å². The van der Waals surface area contributed by atoms with Crippen molar-refractivity contribution in [3.63, 3.8) is 0 Å². The van der Waals surface area contributed by atoms with Crippen molar-refractivity contribution in [2.24, 2.45) is 0 Å². The Balaban J connectivity index is 1.25. The molecule has 32 heavy (non-hydrogen) atoms. The van der Waals surface area contributed by atoms with Gasteiger partial charge in [0.1, 0.15) is 13.2 Å². The first-order valence-corrected chi connectivity index (χ1v) is 12.4. The number of amides is 1. The van der Waals surface area contributed by atoms with Crippen LogP contribution in [0, 0.1) is 0 Å². The lowest BCUT2D eigenvalue weighted by Gasteiger charge is -2.33. The highest BCUT2D eigenvalue weighted by molar-refractivity contribution is 7.88. The number of carbonyl (C=O) groups excluding carboxylic acids is 1. The summed E-state index contributed by atoms with van der Waals surface area (Å²) in [6.45, 7) is 5.06. The van der Waals surface area contributed by atoms with Crippen molar-refractivity contribution >= 4 is 15.9 Å². The predicted octanol–water partition coefficient (Wildman–Crippen LogP) is 1.78. The van der Waals surface area contributed by atoms with E-state index in [2.05, 4.69) is 5.32 Å². The van der Waals surface area contributed by atoms with E-state index in [0.717, 1.165) is 16.9 Å². The van der Waals surface area contributed by atoms with Crippen LogP contribution >= 0.6 is 0 Å². The Kier molecular flexibility index (Phi) is 6.98. The van der Waals surface area contributed by atoms with Crippen LogP contribution in [0.1, 0.15) is 24.1 Å². The molecule has 2 heterocycles. The Morgan fingerprint density at radius 1 is 1.00 bits per heavy atom. The number of benzene rings is 2. The van der Waals surface area contributed by atoms with Crippen molar-refractivity contribution in [3.8, 4) is 11.5 Å². The minimum Gasteiger partial charge on any atom is -0.486 e. The highest BCUT2D eigenvalue weighted by Crippen LogP contribution is 2.32. The van der Waals surface area contributed by atoms with Gasteiger partial charge in [-0.05, 0) is 30.2 Å². The fourth-order valence-electron chi connectivity index (χ4n) is 3.94. The van der Waals surface area contributed by atoms with E-state index in [4.69, 9.17) is 9.47 Å². The minimum absolute atomic E-state index is 0.00136. The van der Waals surface area contributed by atoms with Crippen molar-refractivity contribution in [2.75, 3.05) is 45.9 Å². The quantitative estimate of drug-likeness (QED) is 0.679. The van der Waals surface area contributed by atoms with Crippen LogP contribution < -0.4 is 14.8 Å². The van der Waals surface area contributed by atoms with Gasteiger partial charge in [0.25, 0.3) is 0 Å². The SMILES string of the molecule is C[C@H](NC(=O)CN1CCN(S(=O)(=O)Cc2ccccc2)CC1)c1ccc2c(c1)OCCO2. The molecule has 2 aromatic rings. The molecule has 0 unspecified atom stereocenters. The van der Waals surface area contributed by atoms with E-state index < -0.39 is 10.0 Å². The molecule has 4 rings (SSSR count). The zero-order chi connectivity index (χ0) is 22.6. The predicted molar refractivity (Wildman–Crippen MR) is 121 cm³/mol. The zero-order valence-corrected chi connectivity index (χ0v) is 19.0. The molecule has 2 aromatic carbocycles. The van der Waals surface area contributed by atoms with Crippen molar-refractivity contribution < 1.29 is 22.7 Å². The molecule has 2 aliphatic rings. The van der Waals surface area contributed by atoms with Crippen LogP contribution in [-0.4, -0.2) is 69.5 Å². The molecule has 0 saturated carbocycles. The number of piperazine rings is 1. The summed E-state index contributed by atoms with van der Waals surface area (Å²) in [5.41, 5.74) is 1.72. The molecular formula is C23H29N3O5S. The summed E-state index contributed by atoms with van der Waals surface area (Å²) in [5, 5.41) is 3.02. The van der Waals surface area contributed by atoms with E-state index in [9.17, 15) is 13.2 Å². The van der Waals surface area contributed by atoms with Crippen LogP contribution in [0.3, 0.4) is 0 Å². The van der Waals surface area contributed by atoms with Gasteiger partial charge in [0.05, 0.1) is 18.3 Å². The summed E-state index contributed by atoms with van der Waals surface area (Å²) >= 11 is 0. The molecule has 172 valence electrons. The van der Waals surface area contributed by atoms with Crippen LogP contribution in [0.15, 0.2) is 48.5 Å². The smallest absolute Gasteiger partial charge is 0.234 e. The first kappa shape index (κ1) is 22.6. The molecule has 2 aliphatic heterocycles. The van der Waals surface area contributed by atoms with Gasteiger partial charge in [-0.2, -0.15) is 4.31 Å². The average Bonchev–Trinajstić information content (AvgIpc) is 2.79. The molecule has 1 fully saturated rings. The van der Waals surface area contributed by atoms with Gasteiger partial charge in [-0.1, -0.05) is 36.4 Å². The minimum atomic E-state index is -3.37. The van der Waals surface area contributed by atoms with Gasteiger partial charge < -0.3 is 14.8 Å². The maximum atomic E-state index is 12.7. The van der Waals surface area contributed by atoms with Gasteiger partial charge in [0.15, 0.2) is 11.5 Å². The number of carbonyl (C=O) groups is 1. The third-order valence-corrected chi connectivity index (χ3v) is 7.58. The Labute approximate surface area is 189 Å². The fraction of sp³-hybridized carbons (Fsp3) is 0.435. The summed E-state index contributed by atoms with van der Waals surface area (Å²) in [6, 6.07) is 14.7. The molecule has 9 heteroatoms. The standard InChI is InChI=1S/C23H29N3O5S/c1-18(20-7-8-21-22(15-20)31-14-13-30-21)24-23(27)16-25-9-11-26(12-10-25)32(28,29)17-19-5-3-2-4-6-19/h2-8,15,18H,9-14,16-17H2,1H3,(H,24,27)/t18-/m0/s1. The van der Waals surface area contributed by atoms with Gasteiger partial charge >= 0.3 is 0 Å². The maximum Gasteiger partial charge on any atom is 0.234 e. The first-order valence-electron chi connectivity index (χ1n) is 10.8. The molecule has 0 spiro atoms. The second kappa shape index (κ2) is 9.89. The van der Waals surface area contributed by atoms with E-state index in [-0.39, 0.29) is 24.2 Å². The lowest BCUT2D eigenvalue weighted by Crippen LogP contribution is -2.51. The van der Waals surface area contributed by atoms with E-state index in [1.54, 1.807) is 0 Å². The van der Waals surface area contributed by atoms with E-state index in [1.807, 2.05) is 60.4 Å². The van der Waals surface area contributed by atoms with E-state index >= 15 is 0 Å². The van der Waals surface area contributed by atoms with Crippen molar-refractivity contribution in [2.45, 2.75) is 18.7 Å². The highest BCUT2D eigenvalue weighted by Gasteiger charge is 2.28. The molecule has 0 aromatic heterocycles. The number of fused-ring (bicyclic) bond motifs is 1. The Morgan fingerprint density at radius 3 is 2.41 bits per heavy atom. The molecule has 8 nitrogen and oxygen atoms in total. The molecular weight excluding hydrogens is 430 g/mol. The highest BCUT2D eigenvalue weighted by atomic mass is 32.2. The second-order valence-electron chi connectivity index (χ2n) is 8.11. The Bertz CT molecular complexity index is 1040. The molecule has 0 radical (unpaired) electrons. The van der Waals surface area contributed by atoms with Crippen LogP contribution in [0.4, 0.5) is 0 Å². The third kappa shape index (κ3) is 5.59. The molecule has 1 atom stereocenters. The Hall–Kier alpha value is -2.62. The molecule has 0 aliphatic carbocycles. The number of rotatable bonds is 7. The van der Waals surface area contributed by atoms with Gasteiger partial charge in [-0.3, -0.25) is 9.69 Å². The zero-order valence-electron chi connectivity index (χ0n) is 18.2. The third-order valence-electron chi connectivity index (χ3n) is 5.73. The van der Waals surface area contributed by atoms with Gasteiger partial charge in [0, 0.05) is 26.2 Å². The maximum absolute atomic E-state index is 12.7. The largest absolute Gasteiger partial charge is 0.486 e. The number of hydrogen-bond donors (Lipinski definition) is 1. The molecule has 0 bridgehead atoms. The fourth-order valence-corrected chi connectivity index (χ4v) is 5.46. The van der Waals surface area contributed by atoms with Crippen LogP contribution in [0.2, 0.25) is 0 Å². The number of sulfonamides is 1. The Morgan fingerprint density at radius 2 is 1.69 bits per heavy atom. The van der Waals surface area contributed by atoms with Crippen molar-refractivity contribution in [3.05, 3.63) is 59.7 Å². The summed E-state index contributed by atoms with van der Waals surface area (Å²) in [7, 11) is -3.37. The molecule has 1 N–H and O–H groups in total. The molecule has 1 amide bonds. The van der Waals surface area contributed by atoms with Gasteiger partial charge in [-0.25, -0.2) is 8.42 Å². The van der Waals surface area contributed by atoms with E-state index in [1.165, 1.54) is 4.31 Å². The normalized spacial score (nSPS) is 18.2. The summed E-state index contributed by atoms with van der Waals surface area (Å²) in [6.07, 6.45) is 0. The number of hydrogen-bond acceptors (Lipinski definition) is 6. The second-order valence-corrected chi connectivity index (χ2v) is 10.1. The van der Waals surface area contributed by atoms with Crippen LogP contribution in [0.5, 0.6) is 11.5 Å². The average molecular weight is 460 g/mol. The first-order chi connectivity index (χ1) is 15.4. The lowest BCUT2D eigenvalue weighted by atomic mass is 10.1. The van der Waals surface area contributed by atoms with Gasteiger partial charge in [0.2, 0.25) is 15.9 Å². The summed E-state index contributed by atoms with van der Waals surface area (Å²) < 4.78 is 38.1. The molecule has 1 saturated heterocycles. The van der Waals surface area contributed by atoms with Crippen molar-refractivity contribution in [1.29, 1.82) is 0 Å². The van der Waals surface area contributed by atoms with Crippen LogP contribution in [-0.2, 0) is 20.6 Å². The summed E-state index contributed by atoms with van der Waals surface area (Å²) in [5.74, 6) is 1.33. The monoisotopic (exact) mass is 459 g/mol. The number of nitrogens with zero attached hydrogens (tertiary/aromatic N) is 2. The lowest BCUT2D eigenvalue weighted by molar-refractivity contribution is -0.123. The summed E-state index contributed by atoms with van der Waals surface area (Å²) in [4.78, 5) is 14.5. The van der Waals surface area contributed by atoms with Gasteiger partial charge in [-0.15, -0.1) is 0 Å². The number of ether oxygens (including phenoxy) is 2. The number of nitrogens with one attached hydrogen (secondary N) is 1. The topological polar surface area (TPSA) is 88.2 Å². The van der Waals surface area contributed by atoms with Crippen LogP contribution in [0.25, 0.3) is 0 Å². The van der Waals surface area contributed by atoms with E-state index in [0.29, 0.717) is 45.1 Å².